The van der Waals surface area contributed by atoms with Gasteiger partial charge in [0.2, 0.25) is 0 Å². The van der Waals surface area contributed by atoms with Crippen LogP contribution in [0.5, 0.6) is 0 Å². The van der Waals surface area contributed by atoms with Crippen molar-refractivity contribution < 1.29 is 19.7 Å². The fourth-order valence-corrected chi connectivity index (χ4v) is 3.77. The molecule has 0 aromatic heterocycles. The van der Waals surface area contributed by atoms with E-state index in [2.05, 4.69) is 6.08 Å². The van der Waals surface area contributed by atoms with E-state index in [0.717, 1.165) is 19.3 Å². The highest BCUT2D eigenvalue weighted by atomic mass is 16.5. The quantitative estimate of drug-likeness (QED) is 0.646. The second kappa shape index (κ2) is 6.63. The Hall–Kier alpha value is -1.65. The molecule has 4 atom stereocenters. The van der Waals surface area contributed by atoms with Crippen LogP contribution in [-0.4, -0.2) is 35.5 Å². The third kappa shape index (κ3) is 3.08. The maximum Gasteiger partial charge on any atom is 0.338 e. The molecule has 0 spiro atoms. The van der Waals surface area contributed by atoms with E-state index in [1.54, 1.807) is 12.1 Å². The Labute approximate surface area is 130 Å². The first-order valence-corrected chi connectivity index (χ1v) is 7.89. The molecule has 4 nitrogen and oxygen atoms in total. The highest BCUT2D eigenvalue weighted by Crippen LogP contribution is 2.47. The fraction of sp³-hybridized carbons (Fsp3) is 0.500. The van der Waals surface area contributed by atoms with Gasteiger partial charge in [-0.1, -0.05) is 29.8 Å². The number of allylic oxidation sites excluding steroid dienone is 1. The van der Waals surface area contributed by atoms with Crippen molar-refractivity contribution in [2.24, 2.45) is 17.8 Å². The minimum absolute atomic E-state index is 0.00869. The minimum atomic E-state index is -0.381. The highest BCUT2D eigenvalue weighted by molar-refractivity contribution is 5.89. The Morgan fingerprint density at radius 2 is 2.05 bits per heavy atom. The van der Waals surface area contributed by atoms with Gasteiger partial charge in [0, 0.05) is 18.9 Å². The molecule has 0 heterocycles. The first kappa shape index (κ1) is 15.3. The van der Waals surface area contributed by atoms with Crippen LogP contribution in [0.4, 0.5) is 0 Å². The van der Waals surface area contributed by atoms with Gasteiger partial charge in [0.25, 0.3) is 0 Å². The standard InChI is InChI=1S/C18H22O4/c19-11-16-15-9-12(8-14(15)10-17(16)20)6-7-22-18(21)13-4-2-1-3-5-13/h1-5,8,14-17,19-20H,6-7,9-11H2/t14-,15-,16+,17+/m1/s1. The second-order valence-corrected chi connectivity index (χ2v) is 6.26. The zero-order valence-corrected chi connectivity index (χ0v) is 12.5. The molecule has 1 aromatic carbocycles. The predicted octanol–water partition coefficient (Wildman–Crippen LogP) is 2.17. The monoisotopic (exact) mass is 302 g/mol. The first-order valence-electron chi connectivity index (χ1n) is 7.89. The molecule has 3 rings (SSSR count). The van der Waals surface area contributed by atoms with Crippen molar-refractivity contribution in [2.75, 3.05) is 13.2 Å². The molecule has 22 heavy (non-hydrogen) atoms. The number of aliphatic hydroxyl groups is 2. The van der Waals surface area contributed by atoms with Gasteiger partial charge in [-0.15, -0.1) is 0 Å². The molecule has 2 aliphatic rings. The Bertz CT molecular complexity index is 551. The summed E-state index contributed by atoms with van der Waals surface area (Å²) in [7, 11) is 0. The molecule has 0 aliphatic heterocycles. The summed E-state index contributed by atoms with van der Waals surface area (Å²) in [6.07, 6.45) is 4.20. The van der Waals surface area contributed by atoms with Gasteiger partial charge in [-0.05, 0) is 36.8 Å². The normalized spacial score (nSPS) is 30.0. The zero-order valence-electron chi connectivity index (χ0n) is 12.5. The summed E-state index contributed by atoms with van der Waals surface area (Å²) in [6.45, 7) is 0.428. The average Bonchev–Trinajstić information content (AvgIpc) is 3.03. The summed E-state index contributed by atoms with van der Waals surface area (Å²) in [6, 6.07) is 8.99. The van der Waals surface area contributed by atoms with Crippen molar-refractivity contribution >= 4 is 5.97 Å². The molecular weight excluding hydrogens is 280 g/mol. The van der Waals surface area contributed by atoms with Crippen LogP contribution in [-0.2, 0) is 4.74 Å². The Balaban J connectivity index is 1.48. The van der Waals surface area contributed by atoms with Crippen molar-refractivity contribution in [1.29, 1.82) is 0 Å². The molecular formula is C18H22O4. The van der Waals surface area contributed by atoms with Gasteiger partial charge in [0.1, 0.15) is 0 Å². The van der Waals surface area contributed by atoms with E-state index in [4.69, 9.17) is 4.74 Å². The molecule has 1 aromatic rings. The molecule has 2 N–H and O–H groups in total. The predicted molar refractivity (Wildman–Crippen MR) is 82.2 cm³/mol. The Morgan fingerprint density at radius 3 is 2.77 bits per heavy atom. The molecule has 0 radical (unpaired) electrons. The summed E-state index contributed by atoms with van der Waals surface area (Å²) in [4.78, 5) is 11.8. The van der Waals surface area contributed by atoms with E-state index in [1.165, 1.54) is 5.57 Å². The fourth-order valence-electron chi connectivity index (χ4n) is 3.77. The van der Waals surface area contributed by atoms with Gasteiger partial charge >= 0.3 is 5.97 Å². The smallest absolute Gasteiger partial charge is 0.338 e. The summed E-state index contributed by atoms with van der Waals surface area (Å²) in [5.41, 5.74) is 1.85. The van der Waals surface area contributed by atoms with E-state index in [9.17, 15) is 15.0 Å². The van der Waals surface area contributed by atoms with Crippen LogP contribution < -0.4 is 0 Å². The van der Waals surface area contributed by atoms with E-state index in [1.807, 2.05) is 18.2 Å². The highest BCUT2D eigenvalue weighted by Gasteiger charge is 2.43. The number of rotatable bonds is 5. The van der Waals surface area contributed by atoms with E-state index in [-0.39, 0.29) is 24.6 Å². The number of hydrogen-bond donors (Lipinski definition) is 2. The molecule has 0 unspecified atom stereocenters. The molecule has 2 aliphatic carbocycles. The number of esters is 1. The van der Waals surface area contributed by atoms with E-state index >= 15 is 0 Å². The number of fused-ring (bicyclic) bond motifs is 1. The van der Waals surface area contributed by atoms with Gasteiger partial charge in [-0.3, -0.25) is 0 Å². The lowest BCUT2D eigenvalue weighted by atomic mass is 9.90. The van der Waals surface area contributed by atoms with Crippen LogP contribution in [0.2, 0.25) is 0 Å². The summed E-state index contributed by atoms with van der Waals surface area (Å²) in [5, 5.41) is 19.3. The molecule has 0 amide bonds. The van der Waals surface area contributed by atoms with Gasteiger partial charge in [-0.25, -0.2) is 4.79 Å². The third-order valence-corrected chi connectivity index (χ3v) is 4.93. The van der Waals surface area contributed by atoms with Crippen LogP contribution in [0.3, 0.4) is 0 Å². The van der Waals surface area contributed by atoms with E-state index in [0.29, 0.717) is 24.0 Å². The minimum Gasteiger partial charge on any atom is -0.462 e. The number of ether oxygens (including phenoxy) is 1. The van der Waals surface area contributed by atoms with Crippen molar-refractivity contribution in [3.63, 3.8) is 0 Å². The van der Waals surface area contributed by atoms with Crippen LogP contribution in [0.15, 0.2) is 42.0 Å². The molecule has 1 saturated carbocycles. The maximum atomic E-state index is 11.8. The van der Waals surface area contributed by atoms with Crippen LogP contribution in [0.25, 0.3) is 0 Å². The van der Waals surface area contributed by atoms with Crippen molar-refractivity contribution in [3.8, 4) is 0 Å². The van der Waals surface area contributed by atoms with Crippen LogP contribution in [0.1, 0.15) is 29.6 Å². The molecule has 0 bridgehead atoms. The van der Waals surface area contributed by atoms with E-state index < -0.39 is 0 Å². The first-order chi connectivity index (χ1) is 10.7. The Morgan fingerprint density at radius 1 is 1.27 bits per heavy atom. The zero-order chi connectivity index (χ0) is 15.5. The van der Waals surface area contributed by atoms with Gasteiger partial charge < -0.3 is 14.9 Å². The average molecular weight is 302 g/mol. The maximum absolute atomic E-state index is 11.8. The largest absolute Gasteiger partial charge is 0.462 e. The Kier molecular flexibility index (Phi) is 4.60. The topological polar surface area (TPSA) is 66.8 Å². The molecule has 0 saturated heterocycles. The number of aliphatic hydroxyl groups excluding tert-OH is 2. The van der Waals surface area contributed by atoms with Gasteiger partial charge in [0.05, 0.1) is 18.3 Å². The molecule has 1 fully saturated rings. The summed E-state index contributed by atoms with van der Waals surface area (Å²) in [5.74, 6) is 0.417. The second-order valence-electron chi connectivity index (χ2n) is 6.26. The summed E-state index contributed by atoms with van der Waals surface area (Å²) < 4.78 is 5.31. The van der Waals surface area contributed by atoms with Crippen LogP contribution >= 0.6 is 0 Å². The lowest BCUT2D eigenvalue weighted by Gasteiger charge is -2.18. The van der Waals surface area contributed by atoms with Gasteiger partial charge in [-0.2, -0.15) is 0 Å². The molecule has 118 valence electrons. The lowest BCUT2D eigenvalue weighted by Crippen LogP contribution is -2.23. The number of carbonyl (C=O) groups is 1. The van der Waals surface area contributed by atoms with Gasteiger partial charge in [0.15, 0.2) is 0 Å². The lowest BCUT2D eigenvalue weighted by molar-refractivity contribution is 0.0507. The number of benzene rings is 1. The number of hydrogen-bond acceptors (Lipinski definition) is 4. The summed E-state index contributed by atoms with van der Waals surface area (Å²) >= 11 is 0. The SMILES string of the molecule is O=C(OCCC1=C[C@@H]2C[C@H](O)[C@@H](CO)[C@@H]2C1)c1ccccc1. The molecule has 4 heteroatoms. The van der Waals surface area contributed by atoms with Crippen LogP contribution in [0, 0.1) is 17.8 Å². The van der Waals surface area contributed by atoms with Crippen molar-refractivity contribution in [1.82, 2.24) is 0 Å². The number of carbonyl (C=O) groups excluding carboxylic acids is 1. The van der Waals surface area contributed by atoms with Crippen molar-refractivity contribution in [3.05, 3.63) is 47.5 Å². The third-order valence-electron chi connectivity index (χ3n) is 4.93. The van der Waals surface area contributed by atoms with Crippen molar-refractivity contribution in [2.45, 2.75) is 25.4 Å².